The topological polar surface area (TPSA) is 41.6 Å². The molecule has 1 unspecified atom stereocenters. The van der Waals surface area contributed by atoms with Gasteiger partial charge in [-0.2, -0.15) is 0 Å². The van der Waals surface area contributed by atoms with Gasteiger partial charge in [-0.05, 0) is 70.8 Å². The maximum absolute atomic E-state index is 13.6. The molecule has 1 N–H and O–H groups in total. The molecule has 0 aliphatic carbocycles. The molecule has 0 radical (unpaired) electrons. The molecule has 1 aliphatic rings. The monoisotopic (exact) mass is 422 g/mol. The van der Waals surface area contributed by atoms with Crippen molar-refractivity contribution >= 4 is 28.1 Å². The first-order valence-electron chi connectivity index (χ1n) is 11.0. The Balaban J connectivity index is 1.60. The van der Waals surface area contributed by atoms with Crippen molar-refractivity contribution in [2.75, 3.05) is 17.3 Å². The zero-order valence-corrected chi connectivity index (χ0v) is 18.3. The Labute approximate surface area is 188 Å². The number of nitrogens with zero attached hydrogens (tertiary/aromatic N) is 1. The largest absolute Gasteiger partial charge is 0.497 e. The molecule has 0 saturated heterocycles. The van der Waals surface area contributed by atoms with Gasteiger partial charge in [0.05, 0.1) is 12.7 Å². The van der Waals surface area contributed by atoms with Crippen LogP contribution in [0.4, 0.5) is 11.4 Å². The number of amides is 1. The molecule has 4 aromatic rings. The number of aryl methyl sites for hydroxylation is 1. The molecular weight excluding hydrogens is 396 g/mol. The molecule has 1 amide bonds. The van der Waals surface area contributed by atoms with E-state index in [4.69, 9.17) is 4.74 Å². The van der Waals surface area contributed by atoms with E-state index in [9.17, 15) is 4.79 Å². The Hall–Kier alpha value is -3.79. The van der Waals surface area contributed by atoms with Crippen LogP contribution in [0.1, 0.15) is 41.0 Å². The quantitative estimate of drug-likeness (QED) is 0.395. The Morgan fingerprint density at radius 2 is 1.66 bits per heavy atom. The molecule has 32 heavy (non-hydrogen) atoms. The van der Waals surface area contributed by atoms with Crippen LogP contribution in [-0.4, -0.2) is 13.0 Å². The van der Waals surface area contributed by atoms with Crippen molar-refractivity contribution < 1.29 is 9.53 Å². The number of fused-ring (bicyclic) bond motifs is 2. The van der Waals surface area contributed by atoms with Gasteiger partial charge in [-0.15, -0.1) is 0 Å². The van der Waals surface area contributed by atoms with Gasteiger partial charge in [0.2, 0.25) is 0 Å². The molecule has 0 aromatic heterocycles. The normalized spacial score (nSPS) is 15.4. The van der Waals surface area contributed by atoms with Crippen LogP contribution >= 0.6 is 0 Å². The second-order valence-corrected chi connectivity index (χ2v) is 8.16. The Bertz CT molecular complexity index is 1280. The summed E-state index contributed by atoms with van der Waals surface area (Å²) in [4.78, 5) is 15.5. The second-order valence-electron chi connectivity index (χ2n) is 8.16. The van der Waals surface area contributed by atoms with Crippen molar-refractivity contribution in [1.29, 1.82) is 0 Å². The fourth-order valence-electron chi connectivity index (χ4n) is 4.40. The number of hydrogen-bond donors (Lipinski definition) is 1. The number of anilines is 2. The van der Waals surface area contributed by atoms with Gasteiger partial charge in [0, 0.05) is 11.4 Å². The van der Waals surface area contributed by atoms with Gasteiger partial charge in [-0.1, -0.05) is 55.8 Å². The van der Waals surface area contributed by atoms with E-state index in [1.165, 1.54) is 5.56 Å². The molecule has 4 aromatic carbocycles. The number of benzene rings is 4. The third kappa shape index (κ3) is 3.58. The number of nitrogens with one attached hydrogen (secondary N) is 1. The zero-order valence-electron chi connectivity index (χ0n) is 18.3. The highest BCUT2D eigenvalue weighted by Gasteiger charge is 2.34. The van der Waals surface area contributed by atoms with Gasteiger partial charge in [0.25, 0.3) is 5.91 Å². The minimum absolute atomic E-state index is 0.00224. The summed E-state index contributed by atoms with van der Waals surface area (Å²) in [5, 5.41) is 5.81. The first-order chi connectivity index (χ1) is 15.7. The predicted molar refractivity (Wildman–Crippen MR) is 131 cm³/mol. The summed E-state index contributed by atoms with van der Waals surface area (Å²) in [6.45, 7) is 2.17. The number of rotatable bonds is 5. The lowest BCUT2D eigenvalue weighted by Gasteiger charge is -2.38. The minimum Gasteiger partial charge on any atom is -0.497 e. The third-order valence-electron chi connectivity index (χ3n) is 6.07. The van der Waals surface area contributed by atoms with Crippen molar-refractivity contribution in [2.24, 2.45) is 0 Å². The Morgan fingerprint density at radius 3 is 2.44 bits per heavy atom. The van der Waals surface area contributed by atoms with E-state index in [0.29, 0.717) is 5.56 Å². The molecule has 0 spiro atoms. The van der Waals surface area contributed by atoms with Gasteiger partial charge in [-0.25, -0.2) is 0 Å². The van der Waals surface area contributed by atoms with Crippen LogP contribution in [0, 0.1) is 0 Å². The standard InChI is InChI=1S/C28H26N2O2/c1-3-6-19-9-14-23(15-10-19)30-27(29-26-8-5-4-7-25(26)28(30)31)22-12-11-21-18-24(32-2)16-13-20(21)17-22/h4-5,7-18,27,29H,3,6H2,1-2H3. The molecule has 160 valence electrons. The summed E-state index contributed by atoms with van der Waals surface area (Å²) in [5.74, 6) is 0.835. The Kier molecular flexibility index (Phi) is 5.28. The van der Waals surface area contributed by atoms with Crippen molar-refractivity contribution in [3.8, 4) is 5.75 Å². The molecule has 0 saturated carbocycles. The lowest BCUT2D eigenvalue weighted by Crippen LogP contribution is -2.43. The van der Waals surface area contributed by atoms with Crippen LogP contribution in [0.15, 0.2) is 84.9 Å². The number of carbonyl (C=O) groups is 1. The van der Waals surface area contributed by atoms with Crippen molar-refractivity contribution in [3.63, 3.8) is 0 Å². The lowest BCUT2D eigenvalue weighted by molar-refractivity contribution is 0.0975. The lowest BCUT2D eigenvalue weighted by atomic mass is 9.99. The summed E-state index contributed by atoms with van der Waals surface area (Å²) >= 11 is 0. The fourth-order valence-corrected chi connectivity index (χ4v) is 4.40. The molecule has 1 atom stereocenters. The molecule has 4 heteroatoms. The van der Waals surface area contributed by atoms with Gasteiger partial charge in [0.1, 0.15) is 11.9 Å². The second kappa shape index (κ2) is 8.39. The van der Waals surface area contributed by atoms with Crippen LogP contribution < -0.4 is 15.0 Å². The summed E-state index contributed by atoms with van der Waals surface area (Å²) in [6.07, 6.45) is 1.83. The highest BCUT2D eigenvalue weighted by atomic mass is 16.5. The first-order valence-corrected chi connectivity index (χ1v) is 11.0. The van der Waals surface area contributed by atoms with Gasteiger partial charge in [0.15, 0.2) is 0 Å². The van der Waals surface area contributed by atoms with Crippen LogP contribution in [0.2, 0.25) is 0 Å². The van der Waals surface area contributed by atoms with E-state index in [1.807, 2.05) is 41.3 Å². The minimum atomic E-state index is -0.305. The first kappa shape index (κ1) is 20.1. The van der Waals surface area contributed by atoms with E-state index < -0.39 is 0 Å². The Morgan fingerprint density at radius 1 is 0.906 bits per heavy atom. The molecule has 1 heterocycles. The van der Waals surface area contributed by atoms with Crippen LogP contribution in [0.5, 0.6) is 5.75 Å². The summed E-state index contributed by atoms with van der Waals surface area (Å²) in [6, 6.07) is 28.4. The molecule has 1 aliphatic heterocycles. The summed E-state index contributed by atoms with van der Waals surface area (Å²) in [7, 11) is 1.67. The highest BCUT2D eigenvalue weighted by molar-refractivity contribution is 6.12. The van der Waals surface area contributed by atoms with Crippen molar-refractivity contribution in [1.82, 2.24) is 0 Å². The van der Waals surface area contributed by atoms with E-state index in [0.717, 1.165) is 46.3 Å². The van der Waals surface area contributed by atoms with E-state index in [-0.39, 0.29) is 12.1 Å². The van der Waals surface area contributed by atoms with Crippen LogP contribution in [-0.2, 0) is 6.42 Å². The molecule has 0 bridgehead atoms. The van der Waals surface area contributed by atoms with Crippen LogP contribution in [0.25, 0.3) is 10.8 Å². The van der Waals surface area contributed by atoms with E-state index in [2.05, 4.69) is 60.8 Å². The van der Waals surface area contributed by atoms with E-state index >= 15 is 0 Å². The van der Waals surface area contributed by atoms with Crippen LogP contribution in [0.3, 0.4) is 0 Å². The number of methoxy groups -OCH3 is 1. The van der Waals surface area contributed by atoms with Crippen molar-refractivity contribution in [3.05, 3.63) is 102 Å². The third-order valence-corrected chi connectivity index (χ3v) is 6.07. The molecule has 4 nitrogen and oxygen atoms in total. The number of hydrogen-bond acceptors (Lipinski definition) is 3. The summed E-state index contributed by atoms with van der Waals surface area (Å²) < 4.78 is 5.36. The average Bonchev–Trinajstić information content (AvgIpc) is 2.84. The molecule has 0 fully saturated rings. The van der Waals surface area contributed by atoms with Gasteiger partial charge in [-0.3, -0.25) is 9.69 Å². The summed E-state index contributed by atoms with van der Waals surface area (Å²) in [5.41, 5.74) is 4.74. The highest BCUT2D eigenvalue weighted by Crippen LogP contribution is 2.37. The predicted octanol–water partition coefficient (Wildman–Crippen LogP) is 6.57. The van der Waals surface area contributed by atoms with Gasteiger partial charge >= 0.3 is 0 Å². The smallest absolute Gasteiger partial charge is 0.262 e. The van der Waals surface area contributed by atoms with Gasteiger partial charge < -0.3 is 10.1 Å². The van der Waals surface area contributed by atoms with Crippen molar-refractivity contribution in [2.45, 2.75) is 25.9 Å². The SMILES string of the molecule is CCCc1ccc(N2C(=O)c3ccccc3NC2c2ccc3cc(OC)ccc3c2)cc1. The number of carbonyl (C=O) groups excluding carboxylic acids is 1. The maximum Gasteiger partial charge on any atom is 0.262 e. The number of ether oxygens (including phenoxy) is 1. The number of para-hydroxylation sites is 1. The maximum atomic E-state index is 13.6. The molecule has 5 rings (SSSR count). The zero-order chi connectivity index (χ0) is 22.1. The van der Waals surface area contributed by atoms with E-state index in [1.54, 1.807) is 7.11 Å². The fraction of sp³-hybridized carbons (Fsp3) is 0.179. The average molecular weight is 423 g/mol. The molecular formula is C28H26N2O2.